The lowest BCUT2D eigenvalue weighted by Gasteiger charge is -2.15. The summed E-state index contributed by atoms with van der Waals surface area (Å²) in [7, 11) is 0. The third-order valence-corrected chi connectivity index (χ3v) is 3.86. The predicted octanol–water partition coefficient (Wildman–Crippen LogP) is 4.80. The maximum absolute atomic E-state index is 13.7. The Balaban J connectivity index is 1.69. The van der Waals surface area contributed by atoms with E-state index >= 15 is 0 Å². The van der Waals surface area contributed by atoms with Gasteiger partial charge in [0.2, 0.25) is 0 Å². The molecule has 0 saturated carbocycles. The molecule has 0 aromatic heterocycles. The van der Waals surface area contributed by atoms with Crippen LogP contribution in [0.1, 0.15) is 17.3 Å². The highest BCUT2D eigenvalue weighted by Crippen LogP contribution is 2.26. The van der Waals surface area contributed by atoms with E-state index in [9.17, 15) is 14.0 Å². The molecule has 0 bridgehead atoms. The van der Waals surface area contributed by atoms with Crippen LogP contribution in [0.25, 0.3) is 0 Å². The number of halogens is 1. The molecule has 1 N–H and O–H groups in total. The zero-order chi connectivity index (χ0) is 19.9. The third kappa shape index (κ3) is 4.73. The van der Waals surface area contributed by atoms with Crippen molar-refractivity contribution in [2.75, 3.05) is 5.32 Å². The average molecular weight is 379 g/mol. The number of ether oxygens (including phenoxy) is 2. The summed E-state index contributed by atoms with van der Waals surface area (Å²) in [6.07, 6.45) is -1.13. The number of anilines is 1. The Labute approximate surface area is 161 Å². The lowest BCUT2D eigenvalue weighted by molar-refractivity contribution is -0.123. The number of rotatable bonds is 6. The van der Waals surface area contributed by atoms with Crippen molar-refractivity contribution >= 4 is 17.6 Å². The Bertz CT molecular complexity index is 975. The fraction of sp³-hybridized carbons (Fsp3) is 0.0909. The van der Waals surface area contributed by atoms with E-state index in [1.807, 2.05) is 18.2 Å². The van der Waals surface area contributed by atoms with Crippen LogP contribution < -0.4 is 10.1 Å². The van der Waals surface area contributed by atoms with E-state index in [-0.39, 0.29) is 11.3 Å². The first-order chi connectivity index (χ1) is 13.5. The Hall–Kier alpha value is -3.67. The van der Waals surface area contributed by atoms with Gasteiger partial charge in [-0.3, -0.25) is 4.79 Å². The fourth-order valence-corrected chi connectivity index (χ4v) is 2.41. The lowest BCUT2D eigenvalue weighted by Crippen LogP contribution is -2.30. The predicted molar refractivity (Wildman–Crippen MR) is 103 cm³/mol. The van der Waals surface area contributed by atoms with Crippen molar-refractivity contribution in [2.24, 2.45) is 0 Å². The SMILES string of the molecule is CC(OC(=O)c1ccccc1Oc1ccccc1)C(=O)Nc1ccccc1F. The fourth-order valence-electron chi connectivity index (χ4n) is 2.41. The molecule has 142 valence electrons. The van der Waals surface area contributed by atoms with Gasteiger partial charge in [0.05, 0.1) is 5.69 Å². The molecule has 1 unspecified atom stereocenters. The molecule has 3 aromatic carbocycles. The Kier molecular flexibility index (Phi) is 6.01. The van der Waals surface area contributed by atoms with Gasteiger partial charge in [0.1, 0.15) is 22.9 Å². The van der Waals surface area contributed by atoms with Gasteiger partial charge >= 0.3 is 5.97 Å². The van der Waals surface area contributed by atoms with Gasteiger partial charge in [-0.25, -0.2) is 9.18 Å². The molecule has 0 aliphatic rings. The number of esters is 1. The van der Waals surface area contributed by atoms with Crippen molar-refractivity contribution in [2.45, 2.75) is 13.0 Å². The second-order valence-corrected chi connectivity index (χ2v) is 5.93. The van der Waals surface area contributed by atoms with E-state index in [0.717, 1.165) is 0 Å². The zero-order valence-corrected chi connectivity index (χ0v) is 15.1. The number of hydrogen-bond acceptors (Lipinski definition) is 4. The molecule has 3 aromatic rings. The highest BCUT2D eigenvalue weighted by molar-refractivity contribution is 5.98. The molecule has 0 fully saturated rings. The minimum atomic E-state index is -1.13. The lowest BCUT2D eigenvalue weighted by atomic mass is 10.2. The van der Waals surface area contributed by atoms with E-state index in [4.69, 9.17) is 9.47 Å². The van der Waals surface area contributed by atoms with Gasteiger partial charge in [-0.05, 0) is 43.3 Å². The van der Waals surface area contributed by atoms with Crippen molar-refractivity contribution in [3.63, 3.8) is 0 Å². The summed E-state index contributed by atoms with van der Waals surface area (Å²) in [6.45, 7) is 1.41. The maximum atomic E-state index is 13.7. The van der Waals surface area contributed by atoms with Gasteiger partial charge < -0.3 is 14.8 Å². The number of nitrogens with one attached hydrogen (secondary N) is 1. The smallest absolute Gasteiger partial charge is 0.342 e. The van der Waals surface area contributed by atoms with Crippen molar-refractivity contribution in [3.8, 4) is 11.5 Å². The molecule has 0 aliphatic carbocycles. The van der Waals surface area contributed by atoms with Crippen molar-refractivity contribution < 1.29 is 23.5 Å². The zero-order valence-electron chi connectivity index (χ0n) is 15.1. The van der Waals surface area contributed by atoms with Crippen LogP contribution in [0.4, 0.5) is 10.1 Å². The largest absolute Gasteiger partial charge is 0.456 e. The van der Waals surface area contributed by atoms with Crippen molar-refractivity contribution in [1.82, 2.24) is 0 Å². The highest BCUT2D eigenvalue weighted by atomic mass is 19.1. The molecule has 5 nitrogen and oxygen atoms in total. The summed E-state index contributed by atoms with van der Waals surface area (Å²) in [5.41, 5.74) is 0.195. The first-order valence-corrected chi connectivity index (χ1v) is 8.63. The summed E-state index contributed by atoms with van der Waals surface area (Å²) < 4.78 is 24.6. The van der Waals surface area contributed by atoms with E-state index < -0.39 is 23.8 Å². The summed E-state index contributed by atoms with van der Waals surface area (Å²) in [5, 5.41) is 2.40. The van der Waals surface area contributed by atoms with Crippen LogP contribution in [-0.2, 0) is 9.53 Å². The Morgan fingerprint density at radius 2 is 1.54 bits per heavy atom. The monoisotopic (exact) mass is 379 g/mol. The summed E-state index contributed by atoms with van der Waals surface area (Å²) >= 11 is 0. The normalized spacial score (nSPS) is 11.4. The van der Waals surface area contributed by atoms with Crippen LogP contribution in [0.3, 0.4) is 0 Å². The molecule has 3 rings (SSSR count). The summed E-state index contributed by atoms with van der Waals surface area (Å²) in [4.78, 5) is 24.8. The Morgan fingerprint density at radius 1 is 0.893 bits per heavy atom. The Morgan fingerprint density at radius 3 is 2.29 bits per heavy atom. The van der Waals surface area contributed by atoms with Crippen molar-refractivity contribution in [1.29, 1.82) is 0 Å². The van der Waals surface area contributed by atoms with Gasteiger partial charge in [-0.1, -0.05) is 42.5 Å². The van der Waals surface area contributed by atoms with Crippen molar-refractivity contribution in [3.05, 3.63) is 90.2 Å². The van der Waals surface area contributed by atoms with Gasteiger partial charge in [0.25, 0.3) is 5.91 Å². The molecule has 0 radical (unpaired) electrons. The second-order valence-electron chi connectivity index (χ2n) is 5.93. The van der Waals surface area contributed by atoms with Crippen LogP contribution >= 0.6 is 0 Å². The summed E-state index contributed by atoms with van der Waals surface area (Å²) in [5.74, 6) is -1.06. The van der Waals surface area contributed by atoms with Crippen LogP contribution in [-0.4, -0.2) is 18.0 Å². The van der Waals surface area contributed by atoms with Gasteiger partial charge in [-0.15, -0.1) is 0 Å². The number of benzene rings is 3. The first kappa shape index (κ1) is 19.1. The topological polar surface area (TPSA) is 64.6 Å². The standard InChI is InChI=1S/C22H18FNO4/c1-15(21(25)24-19-13-7-6-12-18(19)23)27-22(26)17-11-5-8-14-20(17)28-16-9-3-2-4-10-16/h2-15H,1H3,(H,24,25). The number of carbonyl (C=O) groups is 2. The molecular formula is C22H18FNO4. The molecule has 28 heavy (non-hydrogen) atoms. The number of para-hydroxylation sites is 3. The quantitative estimate of drug-likeness (QED) is 0.625. The minimum absolute atomic E-state index is 0.0169. The average Bonchev–Trinajstić information content (AvgIpc) is 2.70. The number of hydrogen-bond donors (Lipinski definition) is 1. The van der Waals surface area contributed by atoms with Crippen LogP contribution in [0.5, 0.6) is 11.5 Å². The molecule has 1 atom stereocenters. The second kappa shape index (κ2) is 8.81. The molecular weight excluding hydrogens is 361 g/mol. The molecule has 0 heterocycles. The highest BCUT2D eigenvalue weighted by Gasteiger charge is 2.22. The summed E-state index contributed by atoms with van der Waals surface area (Å²) in [6, 6.07) is 21.3. The van der Waals surface area contributed by atoms with Crippen LogP contribution in [0.15, 0.2) is 78.9 Å². The maximum Gasteiger partial charge on any atom is 0.342 e. The van der Waals surface area contributed by atoms with E-state index in [1.165, 1.54) is 25.1 Å². The van der Waals surface area contributed by atoms with Gasteiger partial charge in [0.15, 0.2) is 6.10 Å². The van der Waals surface area contributed by atoms with Crippen LogP contribution in [0, 0.1) is 5.82 Å². The minimum Gasteiger partial charge on any atom is -0.456 e. The third-order valence-electron chi connectivity index (χ3n) is 3.86. The van der Waals surface area contributed by atoms with E-state index in [0.29, 0.717) is 11.5 Å². The first-order valence-electron chi connectivity index (χ1n) is 8.63. The number of carbonyl (C=O) groups excluding carboxylic acids is 2. The van der Waals surface area contributed by atoms with Gasteiger partial charge in [0, 0.05) is 0 Å². The van der Waals surface area contributed by atoms with Crippen LogP contribution in [0.2, 0.25) is 0 Å². The number of amides is 1. The van der Waals surface area contributed by atoms with Gasteiger partial charge in [-0.2, -0.15) is 0 Å². The molecule has 0 aliphatic heterocycles. The van der Waals surface area contributed by atoms with E-state index in [2.05, 4.69) is 5.32 Å². The molecule has 6 heteroatoms. The molecule has 0 saturated heterocycles. The molecule has 1 amide bonds. The van der Waals surface area contributed by atoms with E-state index in [1.54, 1.807) is 42.5 Å². The molecule has 0 spiro atoms.